The van der Waals surface area contributed by atoms with Gasteiger partial charge < -0.3 is 19.9 Å². The van der Waals surface area contributed by atoms with Gasteiger partial charge in [-0.1, -0.05) is 50.3 Å². The number of amides is 3. The van der Waals surface area contributed by atoms with Crippen molar-refractivity contribution in [2.75, 3.05) is 25.0 Å². The molecule has 3 fully saturated rings. The molecular formula is C30H43N3O4. The Morgan fingerprint density at radius 1 is 1.03 bits per heavy atom. The molecule has 1 aromatic rings. The van der Waals surface area contributed by atoms with Crippen molar-refractivity contribution >= 4 is 23.6 Å². The second-order valence-electron chi connectivity index (χ2n) is 12.8. The molecule has 4 aliphatic rings. The van der Waals surface area contributed by atoms with E-state index < -0.39 is 11.5 Å². The zero-order chi connectivity index (χ0) is 26.2. The molecule has 3 amide bonds. The van der Waals surface area contributed by atoms with E-state index in [4.69, 9.17) is 4.74 Å². The van der Waals surface area contributed by atoms with Crippen LogP contribution >= 0.6 is 0 Å². The summed E-state index contributed by atoms with van der Waals surface area (Å²) in [4.78, 5) is 43.4. The van der Waals surface area contributed by atoms with Crippen LogP contribution in [-0.4, -0.2) is 59.0 Å². The quantitative estimate of drug-likeness (QED) is 0.545. The molecule has 0 spiro atoms. The van der Waals surface area contributed by atoms with E-state index in [0.717, 1.165) is 30.5 Å². The first-order chi connectivity index (χ1) is 17.7. The van der Waals surface area contributed by atoms with Gasteiger partial charge in [-0.05, 0) is 69.4 Å². The van der Waals surface area contributed by atoms with E-state index in [1.54, 1.807) is 0 Å². The lowest BCUT2D eigenvalue weighted by Gasteiger charge is -2.34. The molecule has 0 bridgehead atoms. The minimum absolute atomic E-state index is 0.0666. The van der Waals surface area contributed by atoms with Gasteiger partial charge in [0.25, 0.3) is 0 Å². The van der Waals surface area contributed by atoms with Gasteiger partial charge in [-0.2, -0.15) is 0 Å². The Hall–Kier alpha value is -2.57. The summed E-state index contributed by atoms with van der Waals surface area (Å²) < 4.78 is 5.73. The van der Waals surface area contributed by atoms with Crippen LogP contribution in [0.2, 0.25) is 0 Å². The standard InChI is InChI=1S/C30H43N3O4/c1-30(2,3)37-29(36)32-17-21(15-20-9-5-4-6-10-20)22(18-32)19-33(23-13-14-23)28(35)25-16-27(34)31-26-12-8-7-11-24(25)26/h7-8,11-12,20-23,25H,4-6,9-10,13-19H2,1-3H3,(H,31,34)/t21-,22-,25?/m1/s1. The first-order valence-corrected chi connectivity index (χ1v) is 14.3. The number of likely N-dealkylation sites (tertiary alicyclic amines) is 1. The Morgan fingerprint density at radius 3 is 2.43 bits per heavy atom. The van der Waals surface area contributed by atoms with Gasteiger partial charge in [0.1, 0.15) is 5.60 Å². The fourth-order valence-corrected chi connectivity index (χ4v) is 6.63. The summed E-state index contributed by atoms with van der Waals surface area (Å²) in [6.07, 6.45) is 9.57. The molecule has 2 saturated carbocycles. The first-order valence-electron chi connectivity index (χ1n) is 14.3. The molecule has 1 saturated heterocycles. The summed E-state index contributed by atoms with van der Waals surface area (Å²) in [5.74, 6) is 0.833. The zero-order valence-electron chi connectivity index (χ0n) is 22.7. The van der Waals surface area contributed by atoms with Gasteiger partial charge in [-0.3, -0.25) is 9.59 Å². The van der Waals surface area contributed by atoms with Crippen molar-refractivity contribution in [1.82, 2.24) is 9.80 Å². The highest BCUT2D eigenvalue weighted by atomic mass is 16.6. The number of anilines is 1. The van der Waals surface area contributed by atoms with E-state index >= 15 is 0 Å². The van der Waals surface area contributed by atoms with Crippen LogP contribution < -0.4 is 5.32 Å². The second kappa shape index (κ2) is 10.7. The number of rotatable bonds is 6. The molecule has 202 valence electrons. The summed E-state index contributed by atoms with van der Waals surface area (Å²) in [5, 5.41) is 2.92. The topological polar surface area (TPSA) is 79.0 Å². The largest absolute Gasteiger partial charge is 0.444 e. The predicted molar refractivity (Wildman–Crippen MR) is 143 cm³/mol. The average molecular weight is 510 g/mol. The third kappa shape index (κ3) is 6.29. The van der Waals surface area contributed by atoms with Gasteiger partial charge in [0.05, 0.1) is 5.92 Å². The van der Waals surface area contributed by atoms with Crippen molar-refractivity contribution in [2.24, 2.45) is 17.8 Å². The highest BCUT2D eigenvalue weighted by Crippen LogP contribution is 2.40. The summed E-state index contributed by atoms with van der Waals surface area (Å²) in [7, 11) is 0. The van der Waals surface area contributed by atoms with Crippen molar-refractivity contribution in [2.45, 2.75) is 96.1 Å². The van der Waals surface area contributed by atoms with Crippen molar-refractivity contribution in [3.05, 3.63) is 29.8 Å². The molecule has 0 radical (unpaired) electrons. The Balaban J connectivity index is 1.34. The molecule has 1 N–H and O–H groups in total. The van der Waals surface area contributed by atoms with Crippen molar-refractivity contribution in [3.63, 3.8) is 0 Å². The first kappa shape index (κ1) is 26.1. The minimum atomic E-state index is -0.529. The third-order valence-electron chi connectivity index (χ3n) is 8.59. The fraction of sp³-hybridized carbons (Fsp3) is 0.700. The summed E-state index contributed by atoms with van der Waals surface area (Å²) in [6, 6.07) is 7.92. The molecule has 0 aromatic heterocycles. The van der Waals surface area contributed by atoms with Crippen molar-refractivity contribution < 1.29 is 19.1 Å². The van der Waals surface area contributed by atoms with E-state index in [1.165, 1.54) is 32.1 Å². The van der Waals surface area contributed by atoms with Gasteiger partial charge in [-0.25, -0.2) is 4.79 Å². The number of benzene rings is 1. The average Bonchev–Trinajstić information content (AvgIpc) is 3.62. The molecular weight excluding hydrogens is 466 g/mol. The monoisotopic (exact) mass is 509 g/mol. The van der Waals surface area contributed by atoms with Crippen LogP contribution in [0.25, 0.3) is 0 Å². The summed E-state index contributed by atoms with van der Waals surface area (Å²) in [5.41, 5.74) is 1.14. The summed E-state index contributed by atoms with van der Waals surface area (Å²) >= 11 is 0. The van der Waals surface area contributed by atoms with Crippen LogP contribution in [0.3, 0.4) is 0 Å². The zero-order valence-corrected chi connectivity index (χ0v) is 22.7. The van der Waals surface area contributed by atoms with Crippen LogP contribution in [0.1, 0.15) is 90.0 Å². The van der Waals surface area contributed by atoms with Crippen LogP contribution in [0.4, 0.5) is 10.5 Å². The SMILES string of the molecule is CC(C)(C)OC(=O)N1C[C@@H](CC2CCCCC2)[C@@H](CN(C(=O)C2CC(=O)Nc3ccccc32)C2CC2)C1. The van der Waals surface area contributed by atoms with E-state index in [1.807, 2.05) is 49.9 Å². The molecule has 1 unspecified atom stereocenters. The lowest BCUT2D eigenvalue weighted by molar-refractivity contribution is -0.136. The number of carbonyl (C=O) groups excluding carboxylic acids is 3. The number of ether oxygens (including phenoxy) is 1. The molecule has 5 rings (SSSR count). The minimum Gasteiger partial charge on any atom is -0.444 e. The second-order valence-corrected chi connectivity index (χ2v) is 12.8. The number of hydrogen-bond acceptors (Lipinski definition) is 4. The van der Waals surface area contributed by atoms with Crippen LogP contribution in [0, 0.1) is 17.8 Å². The number of para-hydroxylation sites is 1. The lowest BCUT2D eigenvalue weighted by Crippen LogP contribution is -2.44. The Bertz CT molecular complexity index is 1010. The van der Waals surface area contributed by atoms with Crippen LogP contribution in [0.5, 0.6) is 0 Å². The number of hydrogen-bond donors (Lipinski definition) is 1. The van der Waals surface area contributed by atoms with Crippen molar-refractivity contribution in [3.8, 4) is 0 Å². The predicted octanol–water partition coefficient (Wildman–Crippen LogP) is 5.56. The summed E-state index contributed by atoms with van der Waals surface area (Å²) in [6.45, 7) is 7.71. The van der Waals surface area contributed by atoms with Gasteiger partial charge in [-0.15, -0.1) is 0 Å². The van der Waals surface area contributed by atoms with E-state index in [9.17, 15) is 14.4 Å². The van der Waals surface area contributed by atoms with Gasteiger partial charge in [0.2, 0.25) is 11.8 Å². The Kier molecular flexibility index (Phi) is 7.51. The maximum absolute atomic E-state index is 14.0. The Morgan fingerprint density at radius 2 is 1.73 bits per heavy atom. The highest BCUT2D eigenvalue weighted by molar-refractivity contribution is 6.01. The smallest absolute Gasteiger partial charge is 0.410 e. The molecule has 1 aromatic carbocycles. The highest BCUT2D eigenvalue weighted by Gasteiger charge is 2.44. The molecule has 2 heterocycles. The molecule has 7 nitrogen and oxygen atoms in total. The van der Waals surface area contributed by atoms with Crippen molar-refractivity contribution in [1.29, 1.82) is 0 Å². The van der Waals surface area contributed by atoms with E-state index in [0.29, 0.717) is 31.5 Å². The van der Waals surface area contributed by atoms with Crippen LogP contribution in [-0.2, 0) is 14.3 Å². The number of nitrogens with one attached hydrogen (secondary N) is 1. The number of nitrogens with zero attached hydrogens (tertiary/aromatic N) is 2. The normalized spacial score (nSPS) is 26.4. The molecule has 7 heteroatoms. The Labute approximate surface area is 221 Å². The molecule has 2 aliphatic heterocycles. The number of fused-ring (bicyclic) bond motifs is 1. The lowest BCUT2D eigenvalue weighted by atomic mass is 9.79. The third-order valence-corrected chi connectivity index (χ3v) is 8.59. The van der Waals surface area contributed by atoms with Gasteiger partial charge in [0.15, 0.2) is 0 Å². The molecule has 37 heavy (non-hydrogen) atoms. The van der Waals surface area contributed by atoms with Gasteiger partial charge >= 0.3 is 6.09 Å². The molecule has 2 aliphatic carbocycles. The van der Waals surface area contributed by atoms with Crippen LogP contribution in [0.15, 0.2) is 24.3 Å². The van der Waals surface area contributed by atoms with Gasteiger partial charge in [0, 0.05) is 37.8 Å². The number of carbonyl (C=O) groups is 3. The fourth-order valence-electron chi connectivity index (χ4n) is 6.63. The maximum atomic E-state index is 14.0. The molecule has 3 atom stereocenters. The maximum Gasteiger partial charge on any atom is 0.410 e. The van der Waals surface area contributed by atoms with E-state index in [2.05, 4.69) is 10.2 Å². The van der Waals surface area contributed by atoms with E-state index in [-0.39, 0.29) is 36.3 Å².